The van der Waals surface area contributed by atoms with Crippen LogP contribution in [0.5, 0.6) is 11.5 Å². The SMILES string of the molecule is Cl.N[C@H](CC(F)(F)F)c1cc(O)cc(O)c1. The largest absolute Gasteiger partial charge is 0.508 e. The van der Waals surface area contributed by atoms with Crippen molar-refractivity contribution in [2.24, 2.45) is 5.73 Å². The van der Waals surface area contributed by atoms with E-state index in [9.17, 15) is 13.2 Å². The zero-order valence-corrected chi connectivity index (χ0v) is 8.85. The summed E-state index contributed by atoms with van der Waals surface area (Å²) in [4.78, 5) is 0. The topological polar surface area (TPSA) is 66.5 Å². The second kappa shape index (κ2) is 5.27. The molecule has 1 rings (SSSR count). The van der Waals surface area contributed by atoms with Crippen LogP contribution < -0.4 is 5.73 Å². The molecule has 16 heavy (non-hydrogen) atoms. The number of hydrogen-bond donors (Lipinski definition) is 3. The lowest BCUT2D eigenvalue weighted by atomic mass is 10.0. The van der Waals surface area contributed by atoms with Crippen molar-refractivity contribution in [3.05, 3.63) is 23.8 Å². The fourth-order valence-electron chi connectivity index (χ4n) is 1.20. The summed E-state index contributed by atoms with van der Waals surface area (Å²) in [6.07, 6.45) is -5.57. The van der Waals surface area contributed by atoms with Gasteiger partial charge in [0.05, 0.1) is 6.42 Å². The van der Waals surface area contributed by atoms with Crippen LogP contribution in [0.1, 0.15) is 18.0 Å². The minimum Gasteiger partial charge on any atom is -0.508 e. The zero-order chi connectivity index (χ0) is 11.6. The Morgan fingerprint density at radius 1 is 1.12 bits per heavy atom. The standard InChI is InChI=1S/C9H10F3NO2.ClH/c10-9(11,12)4-8(13)5-1-6(14)3-7(15)2-5;/h1-3,8,14-15H,4,13H2;1H/t8-;/m1./s1. The first-order chi connectivity index (χ1) is 6.78. The van der Waals surface area contributed by atoms with Crippen LogP contribution in [0.25, 0.3) is 0 Å². The zero-order valence-electron chi connectivity index (χ0n) is 8.03. The number of phenols is 2. The third-order valence-corrected chi connectivity index (χ3v) is 1.80. The molecule has 0 amide bonds. The predicted octanol–water partition coefficient (Wildman–Crippen LogP) is 2.47. The molecule has 1 aromatic rings. The Balaban J connectivity index is 0.00000225. The lowest BCUT2D eigenvalue weighted by Crippen LogP contribution is -2.20. The number of aromatic hydroxyl groups is 2. The summed E-state index contributed by atoms with van der Waals surface area (Å²) in [5.74, 6) is -0.634. The number of halogens is 4. The number of rotatable bonds is 2. The Kier molecular flexibility index (Phi) is 4.89. The average molecular weight is 258 g/mol. The van der Waals surface area contributed by atoms with E-state index in [2.05, 4.69) is 0 Å². The maximum absolute atomic E-state index is 12.0. The molecule has 0 heterocycles. The van der Waals surface area contributed by atoms with Crippen LogP contribution in [0.4, 0.5) is 13.2 Å². The first kappa shape index (κ1) is 14.9. The maximum atomic E-state index is 12.0. The molecule has 0 aliphatic heterocycles. The summed E-state index contributed by atoms with van der Waals surface area (Å²) in [5, 5.41) is 18.1. The molecule has 7 heteroatoms. The Labute approximate surface area is 96.1 Å². The Hall–Kier alpha value is -1.14. The second-order valence-electron chi connectivity index (χ2n) is 3.21. The number of hydrogen-bond acceptors (Lipinski definition) is 3. The van der Waals surface area contributed by atoms with Gasteiger partial charge >= 0.3 is 6.18 Å². The fourth-order valence-corrected chi connectivity index (χ4v) is 1.20. The van der Waals surface area contributed by atoms with Gasteiger partial charge in [-0.05, 0) is 17.7 Å². The van der Waals surface area contributed by atoms with Crippen LogP contribution in [0.2, 0.25) is 0 Å². The lowest BCUT2D eigenvalue weighted by molar-refractivity contribution is -0.138. The molecule has 0 saturated heterocycles. The van der Waals surface area contributed by atoms with Gasteiger partial charge in [0.2, 0.25) is 0 Å². The van der Waals surface area contributed by atoms with E-state index in [1.807, 2.05) is 0 Å². The van der Waals surface area contributed by atoms with E-state index in [4.69, 9.17) is 15.9 Å². The van der Waals surface area contributed by atoms with E-state index in [1.165, 1.54) is 0 Å². The summed E-state index contributed by atoms with van der Waals surface area (Å²) >= 11 is 0. The Morgan fingerprint density at radius 2 is 1.56 bits per heavy atom. The van der Waals surface area contributed by atoms with Crippen molar-refractivity contribution in [1.82, 2.24) is 0 Å². The van der Waals surface area contributed by atoms with Gasteiger partial charge in [-0.15, -0.1) is 12.4 Å². The molecule has 92 valence electrons. The van der Waals surface area contributed by atoms with Crippen molar-refractivity contribution < 1.29 is 23.4 Å². The summed E-state index contributed by atoms with van der Waals surface area (Å²) < 4.78 is 36.0. The Morgan fingerprint density at radius 3 is 1.94 bits per heavy atom. The summed E-state index contributed by atoms with van der Waals surface area (Å²) in [5.41, 5.74) is 5.32. The average Bonchev–Trinajstić information content (AvgIpc) is 1.98. The van der Waals surface area contributed by atoms with E-state index < -0.39 is 18.6 Å². The minimum absolute atomic E-state index is 0. The minimum atomic E-state index is -4.37. The van der Waals surface area contributed by atoms with E-state index in [0.29, 0.717) is 0 Å². The first-order valence-corrected chi connectivity index (χ1v) is 4.13. The van der Waals surface area contributed by atoms with Gasteiger partial charge in [-0.2, -0.15) is 13.2 Å². The summed E-state index contributed by atoms with van der Waals surface area (Å²) in [6.45, 7) is 0. The van der Waals surface area contributed by atoms with Gasteiger partial charge in [0.25, 0.3) is 0 Å². The molecular formula is C9H11ClF3NO2. The van der Waals surface area contributed by atoms with Crippen LogP contribution >= 0.6 is 12.4 Å². The molecule has 0 fully saturated rings. The van der Waals surface area contributed by atoms with Crippen LogP contribution in [0.3, 0.4) is 0 Å². The summed E-state index contributed by atoms with van der Waals surface area (Å²) in [7, 11) is 0. The molecule has 0 spiro atoms. The molecule has 0 aliphatic rings. The number of phenolic OH excluding ortho intramolecular Hbond substituents is 2. The lowest BCUT2D eigenvalue weighted by Gasteiger charge is -2.14. The van der Waals surface area contributed by atoms with E-state index in [0.717, 1.165) is 18.2 Å². The maximum Gasteiger partial charge on any atom is 0.390 e. The normalized spacial score (nSPS) is 13.0. The van der Waals surface area contributed by atoms with Gasteiger partial charge in [0, 0.05) is 12.1 Å². The highest BCUT2D eigenvalue weighted by Crippen LogP contribution is 2.31. The van der Waals surface area contributed by atoms with Gasteiger partial charge in [0.15, 0.2) is 0 Å². The van der Waals surface area contributed by atoms with Crippen LogP contribution in [-0.2, 0) is 0 Å². The molecule has 1 aromatic carbocycles. The van der Waals surface area contributed by atoms with Crippen molar-refractivity contribution in [2.75, 3.05) is 0 Å². The molecule has 0 radical (unpaired) electrons. The van der Waals surface area contributed by atoms with Crippen LogP contribution in [0.15, 0.2) is 18.2 Å². The third-order valence-electron chi connectivity index (χ3n) is 1.80. The molecule has 0 saturated carbocycles. The van der Waals surface area contributed by atoms with E-state index >= 15 is 0 Å². The molecule has 0 aromatic heterocycles. The molecule has 1 atom stereocenters. The monoisotopic (exact) mass is 257 g/mol. The number of nitrogens with two attached hydrogens (primary N) is 1. The second-order valence-corrected chi connectivity index (χ2v) is 3.21. The molecular weight excluding hydrogens is 247 g/mol. The number of alkyl halides is 3. The van der Waals surface area contributed by atoms with Crippen molar-refractivity contribution in [3.8, 4) is 11.5 Å². The summed E-state index contributed by atoms with van der Waals surface area (Å²) in [6, 6.07) is 1.92. The van der Waals surface area contributed by atoms with Gasteiger partial charge < -0.3 is 15.9 Å². The molecule has 0 aliphatic carbocycles. The Bertz CT molecular complexity index is 337. The van der Waals surface area contributed by atoms with E-state index in [-0.39, 0.29) is 29.5 Å². The van der Waals surface area contributed by atoms with Gasteiger partial charge in [-0.3, -0.25) is 0 Å². The highest BCUT2D eigenvalue weighted by atomic mass is 35.5. The number of benzene rings is 1. The highest BCUT2D eigenvalue weighted by molar-refractivity contribution is 5.85. The van der Waals surface area contributed by atoms with Crippen molar-refractivity contribution in [2.45, 2.75) is 18.6 Å². The molecule has 0 unspecified atom stereocenters. The molecule has 0 bridgehead atoms. The van der Waals surface area contributed by atoms with Crippen LogP contribution in [0, 0.1) is 0 Å². The van der Waals surface area contributed by atoms with Gasteiger partial charge in [-0.25, -0.2) is 0 Å². The van der Waals surface area contributed by atoms with Crippen LogP contribution in [-0.4, -0.2) is 16.4 Å². The third kappa shape index (κ3) is 4.59. The van der Waals surface area contributed by atoms with E-state index in [1.54, 1.807) is 0 Å². The van der Waals surface area contributed by atoms with Crippen molar-refractivity contribution in [1.29, 1.82) is 0 Å². The fraction of sp³-hybridized carbons (Fsp3) is 0.333. The first-order valence-electron chi connectivity index (χ1n) is 4.13. The predicted molar refractivity (Wildman–Crippen MR) is 54.6 cm³/mol. The van der Waals surface area contributed by atoms with Gasteiger partial charge in [0.1, 0.15) is 11.5 Å². The van der Waals surface area contributed by atoms with Gasteiger partial charge in [-0.1, -0.05) is 0 Å². The van der Waals surface area contributed by atoms with Crippen molar-refractivity contribution in [3.63, 3.8) is 0 Å². The highest BCUT2D eigenvalue weighted by Gasteiger charge is 2.31. The molecule has 4 N–H and O–H groups in total. The smallest absolute Gasteiger partial charge is 0.390 e. The van der Waals surface area contributed by atoms with Crippen molar-refractivity contribution >= 4 is 12.4 Å². The quantitative estimate of drug-likeness (QED) is 0.762. The molecule has 3 nitrogen and oxygen atoms in total.